The Bertz CT molecular complexity index is 476. The Morgan fingerprint density at radius 1 is 1.35 bits per heavy atom. The minimum Gasteiger partial charge on any atom is -0.505 e. The standard InChI is InChI=1S/C14H20N2O4/c1-9(14(19)20)5-3-6-10(2)16-13(18)12-11(17)7-4-8-15-12/h4,7-10,17H,3,5-6H2,1-2H3,(H,16,18)(H,19,20). The highest BCUT2D eigenvalue weighted by molar-refractivity contribution is 5.94. The van der Waals surface area contributed by atoms with Crippen LogP contribution in [0.15, 0.2) is 18.3 Å². The molecule has 0 spiro atoms. The number of carbonyl (C=O) groups excluding carboxylic acids is 1. The lowest BCUT2D eigenvalue weighted by molar-refractivity contribution is -0.141. The number of pyridine rings is 1. The molecule has 0 bridgehead atoms. The second kappa shape index (κ2) is 7.47. The van der Waals surface area contributed by atoms with E-state index in [1.165, 1.54) is 12.3 Å². The van der Waals surface area contributed by atoms with E-state index in [1.807, 2.05) is 6.92 Å². The van der Waals surface area contributed by atoms with Crippen molar-refractivity contribution in [1.82, 2.24) is 10.3 Å². The van der Waals surface area contributed by atoms with Gasteiger partial charge in [0, 0.05) is 12.2 Å². The number of carbonyl (C=O) groups is 2. The van der Waals surface area contributed by atoms with Gasteiger partial charge in [0.05, 0.1) is 5.92 Å². The predicted octanol–water partition coefficient (Wildman–Crippen LogP) is 1.80. The zero-order valence-electron chi connectivity index (χ0n) is 11.7. The molecule has 3 N–H and O–H groups in total. The zero-order valence-corrected chi connectivity index (χ0v) is 11.7. The van der Waals surface area contributed by atoms with Crippen LogP contribution in [0.3, 0.4) is 0 Å². The first kappa shape index (κ1) is 15.9. The summed E-state index contributed by atoms with van der Waals surface area (Å²) in [6, 6.07) is 2.84. The molecule has 0 saturated heterocycles. The van der Waals surface area contributed by atoms with E-state index < -0.39 is 11.9 Å². The molecule has 110 valence electrons. The van der Waals surface area contributed by atoms with Crippen LogP contribution in [0.5, 0.6) is 5.75 Å². The molecule has 20 heavy (non-hydrogen) atoms. The van der Waals surface area contributed by atoms with E-state index in [1.54, 1.807) is 13.0 Å². The number of aliphatic carboxylic acids is 1. The Kier molecular flexibility index (Phi) is 5.96. The van der Waals surface area contributed by atoms with Crippen LogP contribution in [-0.2, 0) is 4.79 Å². The molecule has 0 saturated carbocycles. The predicted molar refractivity (Wildman–Crippen MR) is 73.5 cm³/mol. The number of aromatic nitrogens is 1. The fraction of sp³-hybridized carbons (Fsp3) is 0.500. The summed E-state index contributed by atoms with van der Waals surface area (Å²) in [4.78, 5) is 26.3. The summed E-state index contributed by atoms with van der Waals surface area (Å²) in [5.41, 5.74) is -0.00162. The van der Waals surface area contributed by atoms with Crippen molar-refractivity contribution in [1.29, 1.82) is 0 Å². The molecule has 0 aliphatic rings. The molecular weight excluding hydrogens is 260 g/mol. The molecule has 1 aromatic heterocycles. The molecule has 1 aromatic rings. The zero-order chi connectivity index (χ0) is 15.1. The van der Waals surface area contributed by atoms with E-state index in [2.05, 4.69) is 10.3 Å². The van der Waals surface area contributed by atoms with Gasteiger partial charge in [0.25, 0.3) is 5.91 Å². The summed E-state index contributed by atoms with van der Waals surface area (Å²) in [5, 5.41) is 21.0. The van der Waals surface area contributed by atoms with Gasteiger partial charge in [-0.05, 0) is 31.9 Å². The summed E-state index contributed by atoms with van der Waals surface area (Å²) in [6.45, 7) is 3.50. The molecule has 0 aliphatic carbocycles. The third kappa shape index (κ3) is 4.87. The van der Waals surface area contributed by atoms with Crippen LogP contribution in [0, 0.1) is 5.92 Å². The van der Waals surface area contributed by atoms with Crippen LogP contribution in [0.2, 0.25) is 0 Å². The number of rotatable bonds is 7. The third-order valence-corrected chi connectivity index (χ3v) is 3.07. The lowest BCUT2D eigenvalue weighted by Crippen LogP contribution is -2.33. The minimum atomic E-state index is -0.805. The van der Waals surface area contributed by atoms with Crippen LogP contribution in [0.4, 0.5) is 0 Å². The summed E-state index contributed by atoms with van der Waals surface area (Å²) in [7, 11) is 0. The van der Waals surface area contributed by atoms with Gasteiger partial charge in [-0.25, -0.2) is 4.98 Å². The summed E-state index contributed by atoms with van der Waals surface area (Å²) in [5.74, 6) is -1.77. The molecular formula is C14H20N2O4. The van der Waals surface area contributed by atoms with Crippen molar-refractivity contribution in [2.45, 2.75) is 39.2 Å². The van der Waals surface area contributed by atoms with Gasteiger partial charge in [-0.15, -0.1) is 0 Å². The first-order valence-electron chi connectivity index (χ1n) is 6.59. The van der Waals surface area contributed by atoms with Gasteiger partial charge in [-0.2, -0.15) is 0 Å². The molecule has 6 nitrogen and oxygen atoms in total. The van der Waals surface area contributed by atoms with Crippen molar-refractivity contribution in [2.24, 2.45) is 5.92 Å². The number of hydrogen-bond donors (Lipinski definition) is 3. The second-order valence-corrected chi connectivity index (χ2v) is 4.92. The average molecular weight is 280 g/mol. The van der Waals surface area contributed by atoms with Crippen LogP contribution in [0.1, 0.15) is 43.6 Å². The van der Waals surface area contributed by atoms with E-state index in [4.69, 9.17) is 5.11 Å². The molecule has 1 amide bonds. The highest BCUT2D eigenvalue weighted by Crippen LogP contribution is 2.13. The monoisotopic (exact) mass is 280 g/mol. The van der Waals surface area contributed by atoms with Crippen molar-refractivity contribution < 1.29 is 19.8 Å². The second-order valence-electron chi connectivity index (χ2n) is 4.92. The molecule has 0 radical (unpaired) electrons. The topological polar surface area (TPSA) is 99.5 Å². The van der Waals surface area contributed by atoms with Crippen LogP contribution >= 0.6 is 0 Å². The van der Waals surface area contributed by atoms with E-state index in [9.17, 15) is 14.7 Å². The Balaban J connectivity index is 2.39. The van der Waals surface area contributed by atoms with Crippen LogP contribution in [0.25, 0.3) is 0 Å². The molecule has 2 unspecified atom stereocenters. The first-order valence-corrected chi connectivity index (χ1v) is 6.59. The van der Waals surface area contributed by atoms with Gasteiger partial charge >= 0.3 is 5.97 Å². The Morgan fingerprint density at radius 2 is 2.05 bits per heavy atom. The van der Waals surface area contributed by atoms with E-state index in [0.29, 0.717) is 19.3 Å². The normalized spacial score (nSPS) is 13.5. The van der Waals surface area contributed by atoms with E-state index >= 15 is 0 Å². The van der Waals surface area contributed by atoms with Crippen molar-refractivity contribution in [3.8, 4) is 5.75 Å². The lowest BCUT2D eigenvalue weighted by Gasteiger charge is -2.14. The number of nitrogens with zero attached hydrogens (tertiary/aromatic N) is 1. The maximum absolute atomic E-state index is 11.9. The molecule has 0 fully saturated rings. The van der Waals surface area contributed by atoms with Gasteiger partial charge in [0.15, 0.2) is 5.69 Å². The van der Waals surface area contributed by atoms with Gasteiger partial charge in [0.1, 0.15) is 5.75 Å². The maximum atomic E-state index is 11.9. The van der Waals surface area contributed by atoms with Crippen molar-refractivity contribution >= 4 is 11.9 Å². The fourth-order valence-corrected chi connectivity index (χ4v) is 1.79. The highest BCUT2D eigenvalue weighted by Gasteiger charge is 2.15. The Labute approximate surface area is 117 Å². The van der Waals surface area contributed by atoms with Gasteiger partial charge < -0.3 is 15.5 Å². The number of amides is 1. The van der Waals surface area contributed by atoms with Crippen molar-refractivity contribution in [3.63, 3.8) is 0 Å². The molecule has 6 heteroatoms. The average Bonchev–Trinajstić information content (AvgIpc) is 2.38. The van der Waals surface area contributed by atoms with Crippen LogP contribution < -0.4 is 5.32 Å². The molecule has 0 aliphatic heterocycles. The highest BCUT2D eigenvalue weighted by atomic mass is 16.4. The molecule has 1 rings (SSSR count). The largest absolute Gasteiger partial charge is 0.505 e. The number of carboxylic acid groups (broad SMARTS) is 1. The van der Waals surface area contributed by atoms with Gasteiger partial charge in [-0.3, -0.25) is 9.59 Å². The summed E-state index contributed by atoms with van der Waals surface area (Å²) >= 11 is 0. The fourth-order valence-electron chi connectivity index (χ4n) is 1.79. The molecule has 1 heterocycles. The number of hydrogen-bond acceptors (Lipinski definition) is 4. The smallest absolute Gasteiger partial charge is 0.306 e. The lowest BCUT2D eigenvalue weighted by atomic mass is 10.0. The Morgan fingerprint density at radius 3 is 2.65 bits per heavy atom. The number of carboxylic acids is 1. The molecule has 2 atom stereocenters. The third-order valence-electron chi connectivity index (χ3n) is 3.07. The van der Waals surface area contributed by atoms with E-state index in [0.717, 1.165) is 0 Å². The van der Waals surface area contributed by atoms with Gasteiger partial charge in [0.2, 0.25) is 0 Å². The molecule has 0 aromatic carbocycles. The van der Waals surface area contributed by atoms with Crippen molar-refractivity contribution in [2.75, 3.05) is 0 Å². The Hall–Kier alpha value is -2.11. The van der Waals surface area contributed by atoms with Gasteiger partial charge in [-0.1, -0.05) is 13.3 Å². The quantitative estimate of drug-likeness (QED) is 0.707. The maximum Gasteiger partial charge on any atom is 0.306 e. The first-order chi connectivity index (χ1) is 9.41. The van der Waals surface area contributed by atoms with Crippen LogP contribution in [-0.4, -0.2) is 33.1 Å². The minimum absolute atomic E-state index is 0.00162. The van der Waals surface area contributed by atoms with Crippen molar-refractivity contribution in [3.05, 3.63) is 24.0 Å². The SMILES string of the molecule is CC(CCCC(C)C(=O)O)NC(=O)c1ncccc1O. The van der Waals surface area contributed by atoms with E-state index in [-0.39, 0.29) is 23.4 Å². The summed E-state index contributed by atoms with van der Waals surface area (Å²) < 4.78 is 0. The number of aromatic hydroxyl groups is 1. The number of nitrogens with one attached hydrogen (secondary N) is 1. The summed E-state index contributed by atoms with van der Waals surface area (Å²) in [6.07, 6.45) is 3.40.